The van der Waals surface area contributed by atoms with Crippen molar-refractivity contribution in [3.05, 3.63) is 82.1 Å². The van der Waals surface area contributed by atoms with Crippen LogP contribution in [0, 0.1) is 6.92 Å². The maximum absolute atomic E-state index is 13.1. The Hall–Kier alpha value is -3.21. The molecule has 4 rings (SSSR count). The summed E-state index contributed by atoms with van der Waals surface area (Å²) in [5.41, 5.74) is 4.56. The van der Waals surface area contributed by atoms with E-state index in [1.807, 2.05) is 55.5 Å². The van der Waals surface area contributed by atoms with Crippen LogP contribution in [0.5, 0.6) is 0 Å². The van der Waals surface area contributed by atoms with Gasteiger partial charge in [0.1, 0.15) is 6.04 Å². The minimum Gasteiger partial charge on any atom is -0.310 e. The van der Waals surface area contributed by atoms with Crippen LogP contribution in [0.15, 0.2) is 65.5 Å². The summed E-state index contributed by atoms with van der Waals surface area (Å²) in [5, 5.41) is 4.48. The number of carbonyl (C=O) groups excluding carboxylic acids is 1. The summed E-state index contributed by atoms with van der Waals surface area (Å²) in [7, 11) is 0. The maximum Gasteiger partial charge on any atom is 0.267 e. The van der Waals surface area contributed by atoms with Gasteiger partial charge in [-0.3, -0.25) is 9.59 Å². The van der Waals surface area contributed by atoms with Crippen molar-refractivity contribution in [3.63, 3.8) is 0 Å². The first-order valence-corrected chi connectivity index (χ1v) is 9.11. The molecule has 0 bridgehead atoms. The van der Waals surface area contributed by atoms with E-state index in [4.69, 9.17) is 0 Å². The van der Waals surface area contributed by atoms with Gasteiger partial charge in [0.15, 0.2) is 0 Å². The smallest absolute Gasteiger partial charge is 0.267 e. The largest absolute Gasteiger partial charge is 0.310 e. The molecule has 0 fully saturated rings. The summed E-state index contributed by atoms with van der Waals surface area (Å²) in [6.07, 6.45) is 0.834. The number of benzene rings is 2. The Bertz CT molecular complexity index is 1050. The van der Waals surface area contributed by atoms with Crippen LogP contribution in [-0.2, 0) is 11.2 Å². The first-order chi connectivity index (χ1) is 13.0. The summed E-state index contributed by atoms with van der Waals surface area (Å²) in [6, 6.07) is 18.3. The summed E-state index contributed by atoms with van der Waals surface area (Å²) in [5.74, 6) is -0.115. The molecule has 0 N–H and O–H groups in total. The standard InChI is InChI=1S/C22H21N3O2/c1-15-7-9-17(10-8-15)19-11-12-21(26)25(23-19)16(2)22(27)24-14-13-18-5-3-4-6-20(18)24/h3-12,16H,13-14H2,1-2H3/t16-/m0/s1. The van der Waals surface area contributed by atoms with Gasteiger partial charge in [-0.25, -0.2) is 4.68 Å². The molecule has 1 amide bonds. The Morgan fingerprint density at radius 3 is 2.56 bits per heavy atom. The van der Waals surface area contributed by atoms with E-state index in [1.54, 1.807) is 17.9 Å². The average molecular weight is 359 g/mol. The fourth-order valence-electron chi connectivity index (χ4n) is 3.48. The van der Waals surface area contributed by atoms with Gasteiger partial charge in [-0.1, -0.05) is 48.0 Å². The van der Waals surface area contributed by atoms with Gasteiger partial charge >= 0.3 is 0 Å². The molecule has 0 spiro atoms. The number of aryl methyl sites for hydroxylation is 1. The highest BCUT2D eigenvalue weighted by Crippen LogP contribution is 2.29. The normalized spacial score (nSPS) is 14.1. The van der Waals surface area contributed by atoms with E-state index in [9.17, 15) is 9.59 Å². The predicted molar refractivity (Wildman–Crippen MR) is 106 cm³/mol. The molecule has 0 saturated carbocycles. The number of nitrogens with zero attached hydrogens (tertiary/aromatic N) is 3. The van der Waals surface area contributed by atoms with Gasteiger partial charge in [-0.2, -0.15) is 5.10 Å². The maximum atomic E-state index is 13.1. The number of aromatic nitrogens is 2. The fraction of sp³-hybridized carbons (Fsp3) is 0.227. The number of amides is 1. The second-order valence-electron chi connectivity index (χ2n) is 6.91. The van der Waals surface area contributed by atoms with Gasteiger partial charge < -0.3 is 4.90 Å². The van der Waals surface area contributed by atoms with Crippen molar-refractivity contribution < 1.29 is 4.79 Å². The molecule has 3 aromatic rings. The van der Waals surface area contributed by atoms with Crippen molar-refractivity contribution in [2.75, 3.05) is 11.4 Å². The van der Waals surface area contributed by atoms with Crippen LogP contribution >= 0.6 is 0 Å². The summed E-state index contributed by atoms with van der Waals surface area (Å²) < 4.78 is 1.29. The monoisotopic (exact) mass is 359 g/mol. The lowest BCUT2D eigenvalue weighted by atomic mass is 10.1. The molecule has 0 radical (unpaired) electrons. The van der Waals surface area contributed by atoms with Crippen molar-refractivity contribution in [1.82, 2.24) is 9.78 Å². The number of para-hydroxylation sites is 1. The van der Waals surface area contributed by atoms with E-state index < -0.39 is 6.04 Å². The molecule has 0 aliphatic carbocycles. The Morgan fingerprint density at radius 1 is 1.04 bits per heavy atom. The highest BCUT2D eigenvalue weighted by molar-refractivity contribution is 5.97. The van der Waals surface area contributed by atoms with E-state index in [2.05, 4.69) is 5.10 Å². The second-order valence-corrected chi connectivity index (χ2v) is 6.91. The Morgan fingerprint density at radius 2 is 1.78 bits per heavy atom. The number of hydrogen-bond acceptors (Lipinski definition) is 3. The topological polar surface area (TPSA) is 55.2 Å². The number of carbonyl (C=O) groups is 1. The third-order valence-corrected chi connectivity index (χ3v) is 5.05. The molecule has 136 valence electrons. The van der Waals surface area contributed by atoms with Crippen molar-refractivity contribution in [2.24, 2.45) is 0 Å². The predicted octanol–water partition coefficient (Wildman–Crippen LogP) is 3.37. The zero-order valence-corrected chi connectivity index (χ0v) is 15.4. The van der Waals surface area contributed by atoms with Crippen LogP contribution in [0.2, 0.25) is 0 Å². The van der Waals surface area contributed by atoms with Crippen LogP contribution in [0.1, 0.15) is 24.1 Å². The van der Waals surface area contributed by atoms with Gasteiger partial charge in [0, 0.05) is 23.9 Å². The van der Waals surface area contributed by atoms with Gasteiger partial charge in [0.25, 0.3) is 11.5 Å². The molecule has 1 aliphatic rings. The first-order valence-electron chi connectivity index (χ1n) is 9.11. The molecule has 5 heteroatoms. The Balaban J connectivity index is 1.67. The van der Waals surface area contributed by atoms with Crippen LogP contribution in [0.3, 0.4) is 0 Å². The zero-order chi connectivity index (χ0) is 19.0. The van der Waals surface area contributed by atoms with E-state index in [-0.39, 0.29) is 11.5 Å². The molecule has 27 heavy (non-hydrogen) atoms. The van der Waals surface area contributed by atoms with Crippen LogP contribution < -0.4 is 10.5 Å². The minimum atomic E-state index is -0.672. The molecule has 2 heterocycles. The molecule has 2 aromatic carbocycles. The molecule has 5 nitrogen and oxygen atoms in total. The summed E-state index contributed by atoms with van der Waals surface area (Å²) >= 11 is 0. The van der Waals surface area contributed by atoms with Gasteiger partial charge in [-0.15, -0.1) is 0 Å². The number of fused-ring (bicyclic) bond motifs is 1. The van der Waals surface area contributed by atoms with Gasteiger partial charge in [0.05, 0.1) is 5.69 Å². The SMILES string of the molecule is Cc1ccc(-c2ccc(=O)n([C@@H](C)C(=O)N3CCc4ccccc43)n2)cc1. The van der Waals surface area contributed by atoms with Crippen molar-refractivity contribution in [3.8, 4) is 11.3 Å². The minimum absolute atomic E-state index is 0.115. The van der Waals surface area contributed by atoms with Gasteiger partial charge in [0.2, 0.25) is 0 Å². The number of anilines is 1. The lowest BCUT2D eigenvalue weighted by Crippen LogP contribution is -2.39. The highest BCUT2D eigenvalue weighted by Gasteiger charge is 2.29. The third-order valence-electron chi connectivity index (χ3n) is 5.05. The summed E-state index contributed by atoms with van der Waals surface area (Å²) in [4.78, 5) is 27.2. The average Bonchev–Trinajstić information content (AvgIpc) is 3.12. The molecular weight excluding hydrogens is 338 g/mol. The molecule has 1 aliphatic heterocycles. The van der Waals surface area contributed by atoms with E-state index in [1.165, 1.54) is 10.7 Å². The third kappa shape index (κ3) is 3.16. The van der Waals surface area contributed by atoms with E-state index in [0.29, 0.717) is 12.2 Å². The quantitative estimate of drug-likeness (QED) is 0.720. The first kappa shape index (κ1) is 17.2. The van der Waals surface area contributed by atoms with Crippen molar-refractivity contribution >= 4 is 11.6 Å². The van der Waals surface area contributed by atoms with E-state index in [0.717, 1.165) is 28.8 Å². The Labute approximate surface area is 157 Å². The second kappa shape index (κ2) is 6.83. The zero-order valence-electron chi connectivity index (χ0n) is 15.4. The lowest BCUT2D eigenvalue weighted by molar-refractivity contribution is -0.121. The van der Waals surface area contributed by atoms with E-state index >= 15 is 0 Å². The fourth-order valence-corrected chi connectivity index (χ4v) is 3.48. The summed E-state index contributed by atoms with van der Waals surface area (Å²) in [6.45, 7) is 4.39. The molecule has 1 aromatic heterocycles. The van der Waals surface area contributed by atoms with Crippen LogP contribution in [0.25, 0.3) is 11.3 Å². The number of rotatable bonds is 3. The highest BCUT2D eigenvalue weighted by atomic mass is 16.2. The van der Waals surface area contributed by atoms with Crippen molar-refractivity contribution in [1.29, 1.82) is 0 Å². The number of hydrogen-bond donors (Lipinski definition) is 0. The molecule has 0 saturated heterocycles. The molecule has 0 unspecified atom stereocenters. The Kier molecular flexibility index (Phi) is 4.36. The van der Waals surface area contributed by atoms with Crippen LogP contribution in [0.4, 0.5) is 5.69 Å². The van der Waals surface area contributed by atoms with Crippen LogP contribution in [-0.4, -0.2) is 22.2 Å². The molecule has 1 atom stereocenters. The van der Waals surface area contributed by atoms with Crippen molar-refractivity contribution in [2.45, 2.75) is 26.3 Å². The van der Waals surface area contributed by atoms with Gasteiger partial charge in [-0.05, 0) is 38.0 Å². The lowest BCUT2D eigenvalue weighted by Gasteiger charge is -2.22. The molecular formula is C22H21N3O2.